The lowest BCUT2D eigenvalue weighted by atomic mass is 9.87. The van der Waals surface area contributed by atoms with Crippen LogP contribution in [0.4, 0.5) is 58.7 Å². The Hall–Kier alpha value is -4.91. The van der Waals surface area contributed by atoms with Crippen molar-refractivity contribution in [2.75, 3.05) is 32.9 Å². The Morgan fingerprint density at radius 3 is 1.16 bits per heavy atom. The Morgan fingerprint density at radius 1 is 0.420 bits per heavy atom. The highest BCUT2D eigenvalue weighted by Gasteiger charge is 2.36. The van der Waals surface area contributed by atoms with Crippen molar-refractivity contribution in [1.82, 2.24) is 0 Å². The topological polar surface area (TPSA) is 13.0 Å². The molecule has 7 rings (SSSR count). The van der Waals surface area contributed by atoms with Crippen molar-refractivity contribution in [3.05, 3.63) is 131 Å². The van der Waals surface area contributed by atoms with E-state index in [1.807, 2.05) is 40.1 Å². The molecule has 5 aromatic rings. The fourth-order valence-corrected chi connectivity index (χ4v) is 6.96. The van der Waals surface area contributed by atoms with Gasteiger partial charge in [-0.05, 0) is 114 Å². The first-order valence-electron chi connectivity index (χ1n) is 17.2. The van der Waals surface area contributed by atoms with E-state index in [4.69, 9.17) is 0 Å². The van der Waals surface area contributed by atoms with Crippen molar-refractivity contribution in [3.8, 4) is 0 Å². The molecule has 0 atom stereocenters. The first kappa shape index (κ1) is 33.6. The second-order valence-electron chi connectivity index (χ2n) is 15.7. The van der Waals surface area contributed by atoms with Crippen LogP contribution in [-0.2, 0) is 17.0 Å². The summed E-state index contributed by atoms with van der Waals surface area (Å²) in [6.07, 6.45) is -4.53. The molecule has 4 nitrogen and oxygen atoms in total. The highest BCUT2D eigenvalue weighted by atomic mass is 19.4. The largest absolute Gasteiger partial charge is 0.416 e. The zero-order valence-corrected chi connectivity index (χ0v) is 30.2. The quantitative estimate of drug-likeness (QED) is 0.188. The molecule has 0 aliphatic carbocycles. The van der Waals surface area contributed by atoms with Crippen LogP contribution >= 0.6 is 0 Å². The van der Waals surface area contributed by atoms with E-state index >= 15 is 0 Å². The number of nitrogens with zero attached hydrogens (tertiary/aromatic N) is 4. The third-order valence-electron chi connectivity index (χ3n) is 10.1. The second kappa shape index (κ2) is 11.9. The molecule has 2 aliphatic rings. The normalized spacial score (nSPS) is 14.8. The zero-order chi connectivity index (χ0) is 35.7. The van der Waals surface area contributed by atoms with Gasteiger partial charge in [-0.3, -0.25) is 0 Å². The lowest BCUT2D eigenvalue weighted by molar-refractivity contribution is -0.137. The first-order chi connectivity index (χ1) is 23.5. The van der Waals surface area contributed by atoms with Gasteiger partial charge in [0.2, 0.25) is 0 Å². The molecule has 2 aliphatic heterocycles. The number of aryl methyl sites for hydroxylation is 2. The number of hydrogen-bond acceptors (Lipinski definition) is 4. The molecule has 0 bridgehead atoms. The van der Waals surface area contributed by atoms with Gasteiger partial charge in [-0.2, -0.15) is 13.2 Å². The van der Waals surface area contributed by atoms with Gasteiger partial charge in [-0.25, -0.2) is 0 Å². The molecule has 5 aromatic carbocycles. The SMILES string of the molecule is Cc1cc2c(cc1C)N(c1cc(N3CN(c4ccc(C(C)(C)C)cc4)c4ccccc43)cc(C(F)(F)F)c1)CN2c1ccc(C(C)(C)C)cc1. The molecule has 0 spiro atoms. The number of benzene rings is 5. The Morgan fingerprint density at radius 2 is 0.780 bits per heavy atom. The summed E-state index contributed by atoms with van der Waals surface area (Å²) in [6, 6.07) is 33.7. The summed E-state index contributed by atoms with van der Waals surface area (Å²) in [5.41, 5.74) is 10.7. The van der Waals surface area contributed by atoms with Gasteiger partial charge >= 0.3 is 6.18 Å². The predicted molar refractivity (Wildman–Crippen MR) is 202 cm³/mol. The van der Waals surface area contributed by atoms with E-state index in [9.17, 15) is 13.2 Å². The smallest absolute Gasteiger partial charge is 0.321 e. The molecular weight excluding hydrogens is 629 g/mol. The maximum absolute atomic E-state index is 14.7. The number of anilines is 8. The summed E-state index contributed by atoms with van der Waals surface area (Å²) in [5, 5.41) is 0. The molecule has 258 valence electrons. The highest BCUT2D eigenvalue weighted by molar-refractivity contribution is 5.91. The van der Waals surface area contributed by atoms with E-state index in [1.165, 1.54) is 23.3 Å². The molecule has 0 fully saturated rings. The molecule has 50 heavy (non-hydrogen) atoms. The molecule has 0 radical (unpaired) electrons. The van der Waals surface area contributed by atoms with Crippen molar-refractivity contribution in [3.63, 3.8) is 0 Å². The molecule has 0 amide bonds. The third-order valence-corrected chi connectivity index (χ3v) is 10.1. The molecule has 0 saturated carbocycles. The number of alkyl halides is 3. The highest BCUT2D eigenvalue weighted by Crippen LogP contribution is 2.50. The number of para-hydroxylation sites is 2. The Kier molecular flexibility index (Phi) is 7.96. The van der Waals surface area contributed by atoms with Crippen LogP contribution in [0.1, 0.15) is 69.4 Å². The van der Waals surface area contributed by atoms with E-state index in [0.717, 1.165) is 45.3 Å². The number of rotatable bonds is 4. The van der Waals surface area contributed by atoms with Gasteiger partial charge in [0.05, 0.1) is 28.3 Å². The van der Waals surface area contributed by atoms with Crippen molar-refractivity contribution >= 4 is 45.5 Å². The first-order valence-corrected chi connectivity index (χ1v) is 17.2. The van der Waals surface area contributed by atoms with Crippen LogP contribution in [0.2, 0.25) is 0 Å². The maximum Gasteiger partial charge on any atom is 0.416 e. The molecule has 0 N–H and O–H groups in total. The maximum atomic E-state index is 14.7. The summed E-state index contributed by atoms with van der Waals surface area (Å²) in [7, 11) is 0. The van der Waals surface area contributed by atoms with Crippen LogP contribution < -0.4 is 19.6 Å². The lowest BCUT2D eigenvalue weighted by Crippen LogP contribution is -2.26. The minimum Gasteiger partial charge on any atom is -0.321 e. The van der Waals surface area contributed by atoms with E-state index < -0.39 is 11.7 Å². The fourth-order valence-electron chi connectivity index (χ4n) is 6.96. The van der Waals surface area contributed by atoms with Gasteiger partial charge in [-0.1, -0.05) is 77.9 Å². The summed E-state index contributed by atoms with van der Waals surface area (Å²) >= 11 is 0. The summed E-state index contributed by atoms with van der Waals surface area (Å²) in [4.78, 5) is 8.37. The van der Waals surface area contributed by atoms with Crippen LogP contribution in [0.3, 0.4) is 0 Å². The van der Waals surface area contributed by atoms with Crippen molar-refractivity contribution in [2.45, 2.75) is 72.4 Å². The molecule has 2 heterocycles. The van der Waals surface area contributed by atoms with Crippen molar-refractivity contribution in [1.29, 1.82) is 0 Å². The van der Waals surface area contributed by atoms with Crippen molar-refractivity contribution in [2.24, 2.45) is 0 Å². The summed E-state index contributed by atoms with van der Waals surface area (Å²) in [5.74, 6) is 0. The predicted octanol–water partition coefficient (Wildman–Crippen LogP) is 12.4. The van der Waals surface area contributed by atoms with Crippen LogP contribution in [0.5, 0.6) is 0 Å². The molecular formula is C43H45F3N4. The standard InChI is InChI=1S/C43H45F3N4/c1-28-21-39-40(22-29(28)2)50(27-48(39)34-19-15-31(16-20-34)42(6,7)8)36-24-32(43(44,45)46)23-35(25-36)49-26-47(37-11-9-10-12-38(37)49)33-17-13-30(14-18-33)41(3,4)5/h9-25H,26-27H2,1-8H3. The van der Waals surface area contributed by atoms with Crippen LogP contribution in [0, 0.1) is 13.8 Å². The average Bonchev–Trinajstić information content (AvgIpc) is 3.63. The van der Waals surface area contributed by atoms with Crippen LogP contribution in [0.15, 0.2) is 103 Å². The monoisotopic (exact) mass is 674 g/mol. The van der Waals surface area contributed by atoms with E-state index in [-0.39, 0.29) is 10.8 Å². The van der Waals surface area contributed by atoms with Crippen LogP contribution in [0.25, 0.3) is 0 Å². The Balaban J connectivity index is 1.31. The van der Waals surface area contributed by atoms with Gasteiger partial charge in [0.1, 0.15) is 13.3 Å². The van der Waals surface area contributed by atoms with Crippen molar-refractivity contribution < 1.29 is 13.2 Å². The molecule has 0 aromatic heterocycles. The van der Waals surface area contributed by atoms with E-state index in [2.05, 4.69) is 126 Å². The van der Waals surface area contributed by atoms with Gasteiger partial charge in [-0.15, -0.1) is 0 Å². The molecule has 7 heteroatoms. The van der Waals surface area contributed by atoms with Gasteiger partial charge in [0, 0.05) is 22.7 Å². The summed E-state index contributed by atoms with van der Waals surface area (Å²) < 4.78 is 44.2. The van der Waals surface area contributed by atoms with Gasteiger partial charge in [0.15, 0.2) is 0 Å². The molecule has 0 saturated heterocycles. The summed E-state index contributed by atoms with van der Waals surface area (Å²) in [6.45, 7) is 18.0. The van der Waals surface area contributed by atoms with Crippen LogP contribution in [-0.4, -0.2) is 13.3 Å². The fraction of sp³-hybridized carbons (Fsp3) is 0.302. The van der Waals surface area contributed by atoms with E-state index in [1.54, 1.807) is 0 Å². The Labute approximate surface area is 294 Å². The zero-order valence-electron chi connectivity index (χ0n) is 30.2. The third kappa shape index (κ3) is 6.08. The van der Waals surface area contributed by atoms with Gasteiger partial charge < -0.3 is 19.6 Å². The second-order valence-corrected chi connectivity index (χ2v) is 15.7. The Bertz CT molecular complexity index is 2050. The van der Waals surface area contributed by atoms with Gasteiger partial charge in [0.25, 0.3) is 0 Å². The molecule has 0 unspecified atom stereocenters. The minimum absolute atomic E-state index is 0.00919. The number of fused-ring (bicyclic) bond motifs is 2. The number of halogens is 3. The lowest BCUT2D eigenvalue weighted by Gasteiger charge is -2.27. The van der Waals surface area contributed by atoms with E-state index in [0.29, 0.717) is 24.7 Å². The number of hydrogen-bond donors (Lipinski definition) is 0. The average molecular weight is 675 g/mol. The minimum atomic E-state index is -4.53.